The molecule has 0 saturated heterocycles. The van der Waals surface area contributed by atoms with E-state index in [-0.39, 0.29) is 11.9 Å². The molecule has 0 bridgehead atoms. The van der Waals surface area contributed by atoms with Gasteiger partial charge in [-0.05, 0) is 134 Å². The zero-order chi connectivity index (χ0) is 41.5. The largest absolute Gasteiger partial charge is 0.519 e. The summed E-state index contributed by atoms with van der Waals surface area (Å²) in [5.74, 6) is 1.71. The van der Waals surface area contributed by atoms with Crippen molar-refractivity contribution in [3.63, 3.8) is 0 Å². The molecular formula is C52H47NO6. The Morgan fingerprint density at radius 1 is 0.475 bits per heavy atom. The Morgan fingerprint density at radius 3 is 1.17 bits per heavy atom. The summed E-state index contributed by atoms with van der Waals surface area (Å²) in [5.41, 5.74) is 10.3. The molecule has 7 aromatic carbocycles. The van der Waals surface area contributed by atoms with Gasteiger partial charge in [0.15, 0.2) is 0 Å². The third kappa shape index (κ3) is 9.21. The van der Waals surface area contributed by atoms with E-state index in [4.69, 9.17) is 18.9 Å². The van der Waals surface area contributed by atoms with Gasteiger partial charge in [0.25, 0.3) is 0 Å². The maximum Gasteiger partial charge on any atom is 0.519 e. The molecule has 0 aliphatic heterocycles. The molecule has 0 radical (unpaired) electrons. The SMILES string of the molecule is COc1ccc(C(C)(c2ccc(OC(=O)Oc3ccc(C(C)c4ccc(OC(C)=O)cc4)cc3)cc2)c2ccc(N(c3ccc(C)cc3)c3ccc(C)cc3)cc2)cc1. The van der Waals surface area contributed by atoms with Crippen LogP contribution in [0.15, 0.2) is 170 Å². The van der Waals surface area contributed by atoms with Crippen LogP contribution in [-0.4, -0.2) is 19.2 Å². The average Bonchev–Trinajstić information content (AvgIpc) is 3.25. The van der Waals surface area contributed by atoms with Gasteiger partial charge in [0.05, 0.1) is 7.11 Å². The van der Waals surface area contributed by atoms with Crippen LogP contribution < -0.4 is 23.8 Å². The first-order chi connectivity index (χ1) is 28.5. The van der Waals surface area contributed by atoms with E-state index < -0.39 is 11.6 Å². The highest BCUT2D eigenvalue weighted by Gasteiger charge is 2.32. The fourth-order valence-electron chi connectivity index (χ4n) is 7.28. The molecule has 0 amide bonds. The number of carbonyl (C=O) groups excluding carboxylic acids is 2. The molecule has 0 aliphatic rings. The van der Waals surface area contributed by atoms with E-state index in [1.165, 1.54) is 18.1 Å². The van der Waals surface area contributed by atoms with E-state index in [9.17, 15) is 9.59 Å². The first-order valence-corrected chi connectivity index (χ1v) is 19.6. The lowest BCUT2D eigenvalue weighted by Gasteiger charge is -2.33. The van der Waals surface area contributed by atoms with Crippen LogP contribution in [0.25, 0.3) is 0 Å². The third-order valence-electron chi connectivity index (χ3n) is 10.8. The van der Waals surface area contributed by atoms with Crippen molar-refractivity contribution in [3.05, 3.63) is 209 Å². The highest BCUT2D eigenvalue weighted by Crippen LogP contribution is 2.42. The number of hydrogen-bond donors (Lipinski definition) is 0. The van der Waals surface area contributed by atoms with Gasteiger partial charge >= 0.3 is 12.1 Å². The van der Waals surface area contributed by atoms with Gasteiger partial charge in [0.2, 0.25) is 0 Å². The topological polar surface area (TPSA) is 74.3 Å². The smallest absolute Gasteiger partial charge is 0.497 e. The van der Waals surface area contributed by atoms with E-state index >= 15 is 0 Å². The van der Waals surface area contributed by atoms with Crippen LogP contribution >= 0.6 is 0 Å². The van der Waals surface area contributed by atoms with E-state index in [0.717, 1.165) is 50.6 Å². The summed E-state index contributed by atoms with van der Waals surface area (Å²) in [6.07, 6.45) is -0.833. The predicted octanol–water partition coefficient (Wildman–Crippen LogP) is 12.8. The molecule has 0 saturated carbocycles. The van der Waals surface area contributed by atoms with Crippen molar-refractivity contribution in [1.82, 2.24) is 0 Å². The number of hydrogen-bond acceptors (Lipinski definition) is 7. The number of nitrogens with zero attached hydrogens (tertiary/aromatic N) is 1. The molecule has 0 aliphatic carbocycles. The van der Waals surface area contributed by atoms with Gasteiger partial charge in [-0.1, -0.05) is 103 Å². The summed E-state index contributed by atoms with van der Waals surface area (Å²) in [6, 6.07) is 56.3. The van der Waals surface area contributed by atoms with E-state index in [0.29, 0.717) is 17.2 Å². The van der Waals surface area contributed by atoms with Gasteiger partial charge in [0, 0.05) is 35.3 Å². The van der Waals surface area contributed by atoms with Crippen molar-refractivity contribution >= 4 is 29.2 Å². The molecular weight excluding hydrogens is 735 g/mol. The summed E-state index contributed by atoms with van der Waals surface area (Å²) in [4.78, 5) is 26.5. The normalized spacial score (nSPS) is 12.4. The molecule has 0 fully saturated rings. The summed E-state index contributed by atoms with van der Waals surface area (Å²) >= 11 is 0. The number of aryl methyl sites for hydroxylation is 2. The van der Waals surface area contributed by atoms with Gasteiger partial charge in [-0.2, -0.15) is 0 Å². The van der Waals surface area contributed by atoms with E-state index in [1.807, 2.05) is 48.5 Å². The summed E-state index contributed by atoms with van der Waals surface area (Å²) in [7, 11) is 1.66. The highest BCUT2D eigenvalue weighted by molar-refractivity contribution is 5.77. The molecule has 7 heteroatoms. The predicted molar refractivity (Wildman–Crippen MR) is 234 cm³/mol. The fraction of sp³-hybridized carbons (Fsp3) is 0.154. The number of rotatable bonds is 12. The first kappa shape index (κ1) is 40.1. The average molecular weight is 782 g/mol. The lowest BCUT2D eigenvalue weighted by Crippen LogP contribution is -2.25. The number of methoxy groups -OCH3 is 1. The molecule has 7 aromatic rings. The van der Waals surface area contributed by atoms with Gasteiger partial charge in [-0.15, -0.1) is 0 Å². The number of esters is 1. The zero-order valence-electron chi connectivity index (χ0n) is 34.1. The highest BCUT2D eigenvalue weighted by atomic mass is 16.7. The second-order valence-corrected chi connectivity index (χ2v) is 14.8. The van der Waals surface area contributed by atoms with Crippen molar-refractivity contribution in [3.8, 4) is 23.0 Å². The van der Waals surface area contributed by atoms with Gasteiger partial charge < -0.3 is 23.8 Å². The Kier molecular flexibility index (Phi) is 11.9. The number of benzene rings is 7. The summed E-state index contributed by atoms with van der Waals surface area (Å²) < 4.78 is 21.8. The number of carbonyl (C=O) groups is 2. The summed E-state index contributed by atoms with van der Waals surface area (Å²) in [6.45, 7) is 9.85. The molecule has 7 nitrogen and oxygen atoms in total. The third-order valence-corrected chi connectivity index (χ3v) is 10.8. The Morgan fingerprint density at radius 2 is 0.797 bits per heavy atom. The minimum atomic E-state index is -0.833. The molecule has 7 rings (SSSR count). The van der Waals surface area contributed by atoms with Crippen LogP contribution in [0.1, 0.15) is 65.6 Å². The first-order valence-electron chi connectivity index (χ1n) is 19.6. The molecule has 2 atom stereocenters. The van der Waals surface area contributed by atoms with Crippen molar-refractivity contribution < 1.29 is 28.5 Å². The molecule has 59 heavy (non-hydrogen) atoms. The quantitative estimate of drug-likeness (QED) is 0.0529. The zero-order valence-corrected chi connectivity index (χ0v) is 34.1. The van der Waals surface area contributed by atoms with Crippen LogP contribution in [0.4, 0.5) is 21.9 Å². The number of anilines is 3. The van der Waals surface area contributed by atoms with Gasteiger partial charge in [-0.25, -0.2) is 4.79 Å². The molecule has 0 aromatic heterocycles. The fourth-order valence-corrected chi connectivity index (χ4v) is 7.28. The minimum Gasteiger partial charge on any atom is -0.497 e. The molecule has 0 heterocycles. The maximum absolute atomic E-state index is 12.9. The molecule has 2 unspecified atom stereocenters. The molecule has 0 spiro atoms. The van der Waals surface area contributed by atoms with Crippen LogP contribution in [0, 0.1) is 13.8 Å². The Bertz CT molecular complexity index is 2450. The molecule has 0 N–H and O–H groups in total. The lowest BCUT2D eigenvalue weighted by molar-refractivity contribution is -0.131. The van der Waals surface area contributed by atoms with Gasteiger partial charge in [-0.3, -0.25) is 4.79 Å². The van der Waals surface area contributed by atoms with Crippen molar-refractivity contribution in [1.29, 1.82) is 0 Å². The van der Waals surface area contributed by atoms with E-state index in [1.54, 1.807) is 43.5 Å². The van der Waals surface area contributed by atoms with Crippen LogP contribution in [0.3, 0.4) is 0 Å². The second-order valence-electron chi connectivity index (χ2n) is 14.8. The van der Waals surface area contributed by atoms with Gasteiger partial charge in [0.1, 0.15) is 23.0 Å². The minimum absolute atomic E-state index is 0.0643. The van der Waals surface area contributed by atoms with Crippen molar-refractivity contribution in [2.75, 3.05) is 12.0 Å². The van der Waals surface area contributed by atoms with Crippen LogP contribution in [0.5, 0.6) is 23.0 Å². The Balaban J connectivity index is 1.10. The maximum atomic E-state index is 12.9. The second kappa shape index (κ2) is 17.6. The van der Waals surface area contributed by atoms with Crippen LogP contribution in [0.2, 0.25) is 0 Å². The van der Waals surface area contributed by atoms with E-state index in [2.05, 4.69) is 118 Å². The van der Waals surface area contributed by atoms with Crippen molar-refractivity contribution in [2.24, 2.45) is 0 Å². The summed E-state index contributed by atoms with van der Waals surface area (Å²) in [5, 5.41) is 0. The lowest BCUT2D eigenvalue weighted by atomic mass is 9.71. The monoisotopic (exact) mass is 781 g/mol. The molecule has 296 valence electrons. The van der Waals surface area contributed by atoms with Crippen molar-refractivity contribution in [2.45, 2.75) is 46.0 Å². The Hall–Kier alpha value is -7.12. The standard InChI is InChI=1S/C52H47NO6/c1-35-7-21-44(22-8-35)53(45-23-9-36(2)10-24-45)46-25-15-41(16-26-46)52(5,42-17-31-47(56-6)32-18-42)43-19-33-50(34-20-43)59-51(55)58-49-29-13-40(14-30-49)37(3)39-11-27-48(28-12-39)57-38(4)54/h7-34,37H,1-6H3. The van der Waals surface area contributed by atoms with Crippen LogP contribution in [-0.2, 0) is 10.2 Å². The Labute approximate surface area is 346 Å². The number of ether oxygens (including phenoxy) is 4.